The van der Waals surface area contributed by atoms with Crippen LogP contribution in [0.4, 0.5) is 11.4 Å². The molecular weight excluding hydrogens is 464 g/mol. The molecule has 0 saturated heterocycles. The summed E-state index contributed by atoms with van der Waals surface area (Å²) in [5.74, 6) is -0.633. The number of aromatic nitrogens is 1. The lowest BCUT2D eigenvalue weighted by Gasteiger charge is -2.06. The summed E-state index contributed by atoms with van der Waals surface area (Å²) < 4.78 is 1.78. The number of amides is 1. The molecule has 0 aliphatic heterocycles. The lowest BCUT2D eigenvalue weighted by atomic mass is 10.2. The zero-order valence-corrected chi connectivity index (χ0v) is 19.3. The highest BCUT2D eigenvalue weighted by molar-refractivity contribution is 7.07. The Morgan fingerprint density at radius 1 is 1.09 bits per heavy atom. The number of nitrogens with one attached hydrogen (secondary N) is 1. The Morgan fingerprint density at radius 3 is 2.43 bits per heavy atom. The number of thiazole rings is 1. The van der Waals surface area contributed by atoms with Gasteiger partial charge in [-0.1, -0.05) is 30.3 Å². The predicted molar refractivity (Wildman–Crippen MR) is 135 cm³/mol. The third-order valence-electron chi connectivity index (χ3n) is 5.07. The minimum absolute atomic E-state index is 0.0661. The van der Waals surface area contributed by atoms with Crippen LogP contribution in [0.2, 0.25) is 0 Å². The van der Waals surface area contributed by atoms with Crippen LogP contribution in [0.3, 0.4) is 0 Å². The van der Waals surface area contributed by atoms with Gasteiger partial charge in [0.2, 0.25) is 0 Å². The van der Waals surface area contributed by atoms with Crippen molar-refractivity contribution in [3.05, 3.63) is 120 Å². The van der Waals surface area contributed by atoms with Crippen LogP contribution in [0.15, 0.2) is 83.7 Å². The van der Waals surface area contributed by atoms with Crippen molar-refractivity contribution < 1.29 is 9.72 Å². The fourth-order valence-electron chi connectivity index (χ4n) is 3.42. The Balaban J connectivity index is 1.92. The number of hydrogen-bond acceptors (Lipinski definition) is 6. The molecule has 0 spiro atoms. The van der Waals surface area contributed by atoms with Gasteiger partial charge in [-0.15, -0.1) is 11.3 Å². The summed E-state index contributed by atoms with van der Waals surface area (Å²) in [5, 5.41) is 23.5. The number of non-ortho nitro benzene ring substituents is 1. The standard InChI is InChI=1S/C26H18N4O4S/c1-17-6-5-7-19(14-17)28-24(31)22(16-27)26-29(20-8-3-2-4-9-20)25(32)23(35-26)15-18-10-12-21(13-11-18)30(33)34/h2-15H,1H3,(H,28,31)/b23-15+,26-22+. The smallest absolute Gasteiger partial charge is 0.273 e. The average Bonchev–Trinajstić information content (AvgIpc) is 3.15. The summed E-state index contributed by atoms with van der Waals surface area (Å²) in [4.78, 5) is 36.9. The van der Waals surface area contributed by atoms with Crippen LogP contribution in [-0.4, -0.2) is 15.4 Å². The van der Waals surface area contributed by atoms with Gasteiger partial charge < -0.3 is 5.32 Å². The molecule has 1 amide bonds. The summed E-state index contributed by atoms with van der Waals surface area (Å²) in [6.07, 6.45) is 1.58. The number of nitrogens with zero attached hydrogens (tertiary/aromatic N) is 3. The number of benzene rings is 3. The molecule has 0 saturated carbocycles. The summed E-state index contributed by atoms with van der Waals surface area (Å²) in [6.45, 7) is 1.89. The second-order valence-electron chi connectivity index (χ2n) is 7.55. The predicted octanol–water partition coefficient (Wildman–Crippen LogP) is 3.26. The molecule has 0 radical (unpaired) electrons. The number of aryl methyl sites for hydroxylation is 1. The van der Waals surface area contributed by atoms with Gasteiger partial charge in [-0.25, -0.2) is 0 Å². The Morgan fingerprint density at radius 2 is 1.80 bits per heavy atom. The number of nitro benzene ring substituents is 1. The number of anilines is 1. The molecule has 0 fully saturated rings. The van der Waals surface area contributed by atoms with Crippen molar-refractivity contribution in [3.63, 3.8) is 0 Å². The van der Waals surface area contributed by atoms with Gasteiger partial charge in [0.25, 0.3) is 17.2 Å². The maximum absolute atomic E-state index is 13.4. The van der Waals surface area contributed by atoms with Crippen LogP contribution in [0.1, 0.15) is 11.1 Å². The van der Waals surface area contributed by atoms with E-state index in [1.165, 1.54) is 28.8 Å². The topological polar surface area (TPSA) is 118 Å². The van der Waals surface area contributed by atoms with E-state index in [4.69, 9.17) is 0 Å². The van der Waals surface area contributed by atoms with Crippen molar-refractivity contribution in [2.45, 2.75) is 6.92 Å². The molecule has 172 valence electrons. The minimum atomic E-state index is -0.633. The average molecular weight is 483 g/mol. The third kappa shape index (κ3) is 5.08. The minimum Gasteiger partial charge on any atom is -0.321 e. The summed E-state index contributed by atoms with van der Waals surface area (Å²) >= 11 is 1.00. The monoisotopic (exact) mass is 482 g/mol. The first-order valence-electron chi connectivity index (χ1n) is 10.4. The maximum atomic E-state index is 13.4. The SMILES string of the molecule is Cc1cccc(NC(=O)/C(C#N)=c2/s/c(=C/c3ccc([N+](=O)[O-])cc3)c(=O)n2-c2ccccc2)c1. The molecule has 4 rings (SSSR count). The van der Waals surface area contributed by atoms with Crippen molar-refractivity contribution in [3.8, 4) is 11.8 Å². The van der Waals surface area contributed by atoms with E-state index >= 15 is 0 Å². The van der Waals surface area contributed by atoms with E-state index in [2.05, 4.69) is 5.32 Å². The highest BCUT2D eigenvalue weighted by Crippen LogP contribution is 2.13. The molecule has 8 nitrogen and oxygen atoms in total. The summed E-state index contributed by atoms with van der Waals surface area (Å²) in [6, 6.07) is 23.6. The largest absolute Gasteiger partial charge is 0.321 e. The Hall–Kier alpha value is -4.81. The maximum Gasteiger partial charge on any atom is 0.273 e. The highest BCUT2D eigenvalue weighted by atomic mass is 32.1. The number of para-hydroxylation sites is 1. The van der Waals surface area contributed by atoms with Crippen molar-refractivity contribution in [2.24, 2.45) is 0 Å². The first-order chi connectivity index (χ1) is 16.9. The molecule has 0 aliphatic carbocycles. The normalized spacial score (nSPS) is 12.1. The van der Waals surface area contributed by atoms with Gasteiger partial charge in [0, 0.05) is 17.8 Å². The molecule has 3 aromatic carbocycles. The van der Waals surface area contributed by atoms with E-state index in [0.717, 1.165) is 16.9 Å². The molecule has 0 bridgehead atoms. The highest BCUT2D eigenvalue weighted by Gasteiger charge is 2.17. The second-order valence-corrected chi connectivity index (χ2v) is 8.58. The van der Waals surface area contributed by atoms with E-state index in [1.54, 1.807) is 54.6 Å². The lowest BCUT2D eigenvalue weighted by molar-refractivity contribution is -0.384. The van der Waals surface area contributed by atoms with Gasteiger partial charge in [-0.05, 0) is 60.5 Å². The van der Waals surface area contributed by atoms with Crippen molar-refractivity contribution in [1.29, 1.82) is 5.26 Å². The van der Waals surface area contributed by atoms with E-state index in [9.17, 15) is 25.0 Å². The van der Waals surface area contributed by atoms with Crippen LogP contribution in [-0.2, 0) is 4.79 Å². The third-order valence-corrected chi connectivity index (χ3v) is 6.16. The quantitative estimate of drug-likeness (QED) is 0.346. The van der Waals surface area contributed by atoms with Crippen molar-refractivity contribution >= 4 is 40.3 Å². The van der Waals surface area contributed by atoms with Crippen LogP contribution >= 0.6 is 11.3 Å². The molecule has 1 N–H and O–H groups in total. The number of nitriles is 1. The first-order valence-corrected chi connectivity index (χ1v) is 11.2. The molecule has 0 aliphatic rings. The Kier molecular flexibility index (Phi) is 6.66. The molecule has 9 heteroatoms. The lowest BCUT2D eigenvalue weighted by Crippen LogP contribution is -2.32. The Labute approximate surface area is 203 Å². The van der Waals surface area contributed by atoms with E-state index in [1.807, 2.05) is 19.1 Å². The first kappa shape index (κ1) is 23.4. The number of carbonyl (C=O) groups excluding carboxylic acids is 1. The van der Waals surface area contributed by atoms with Crippen LogP contribution in [0.5, 0.6) is 0 Å². The Bertz CT molecular complexity index is 1650. The van der Waals surface area contributed by atoms with Gasteiger partial charge in [-0.2, -0.15) is 5.26 Å². The summed E-state index contributed by atoms with van der Waals surface area (Å²) in [7, 11) is 0. The molecular formula is C26H18N4O4S. The van der Waals surface area contributed by atoms with Gasteiger partial charge in [-0.3, -0.25) is 24.3 Å². The van der Waals surface area contributed by atoms with Gasteiger partial charge in [0.15, 0.2) is 5.57 Å². The van der Waals surface area contributed by atoms with Crippen molar-refractivity contribution in [1.82, 2.24) is 4.57 Å². The van der Waals surface area contributed by atoms with E-state index in [-0.39, 0.29) is 20.5 Å². The number of carbonyl (C=O) groups is 1. The van der Waals surface area contributed by atoms with Crippen LogP contribution < -0.4 is 20.1 Å². The molecule has 4 aromatic rings. The molecule has 35 heavy (non-hydrogen) atoms. The van der Waals surface area contributed by atoms with Gasteiger partial charge in [0.1, 0.15) is 10.7 Å². The number of hydrogen-bond donors (Lipinski definition) is 1. The number of rotatable bonds is 5. The zero-order chi connectivity index (χ0) is 24.9. The van der Waals surface area contributed by atoms with Gasteiger partial charge in [0.05, 0.1) is 15.1 Å². The van der Waals surface area contributed by atoms with Gasteiger partial charge >= 0.3 is 0 Å². The van der Waals surface area contributed by atoms with Crippen molar-refractivity contribution in [2.75, 3.05) is 5.32 Å². The fourth-order valence-corrected chi connectivity index (χ4v) is 4.52. The number of nitro groups is 1. The van der Waals surface area contributed by atoms with E-state index < -0.39 is 16.4 Å². The van der Waals surface area contributed by atoms with Crippen LogP contribution in [0, 0.1) is 28.4 Å². The van der Waals surface area contributed by atoms with E-state index in [0.29, 0.717) is 16.9 Å². The zero-order valence-electron chi connectivity index (χ0n) is 18.5. The fraction of sp³-hybridized carbons (Fsp3) is 0.0385. The molecule has 0 unspecified atom stereocenters. The molecule has 1 heterocycles. The summed E-state index contributed by atoms with van der Waals surface area (Å²) in [5.41, 5.74) is 1.87. The molecule has 0 atom stereocenters. The van der Waals surface area contributed by atoms with Crippen LogP contribution in [0.25, 0.3) is 17.3 Å². The second kappa shape index (κ2) is 9.99. The molecule has 1 aromatic heterocycles.